The molecule has 1 N–H and O–H groups in total. The summed E-state index contributed by atoms with van der Waals surface area (Å²) in [6, 6.07) is 12.6. The fraction of sp³-hybridized carbons (Fsp3) is 0.389. The Labute approximate surface area is 135 Å². The van der Waals surface area contributed by atoms with Crippen molar-refractivity contribution in [3.63, 3.8) is 0 Å². The molecule has 0 radical (unpaired) electrons. The molecule has 0 saturated heterocycles. The van der Waals surface area contributed by atoms with Gasteiger partial charge in [0.1, 0.15) is 6.04 Å². The van der Waals surface area contributed by atoms with Gasteiger partial charge in [-0.2, -0.15) is 0 Å². The van der Waals surface area contributed by atoms with Crippen molar-refractivity contribution in [3.05, 3.63) is 57.8 Å². The van der Waals surface area contributed by atoms with Crippen LogP contribution >= 0.6 is 11.3 Å². The Morgan fingerprint density at radius 3 is 2.82 bits per heavy atom. The van der Waals surface area contributed by atoms with E-state index in [0.717, 1.165) is 37.9 Å². The largest absolute Gasteiger partial charge is 0.352 e. The second-order valence-electron chi connectivity index (χ2n) is 6.19. The number of benzene rings is 1. The maximum absolute atomic E-state index is 12.8. The van der Waals surface area contributed by atoms with Crippen molar-refractivity contribution < 1.29 is 4.79 Å². The van der Waals surface area contributed by atoms with Crippen LogP contribution in [-0.4, -0.2) is 23.4 Å². The van der Waals surface area contributed by atoms with Crippen molar-refractivity contribution in [2.24, 2.45) is 0 Å². The van der Waals surface area contributed by atoms with Crippen molar-refractivity contribution in [1.29, 1.82) is 0 Å². The average Bonchev–Trinajstić information content (AvgIpc) is 3.23. The molecule has 114 valence electrons. The van der Waals surface area contributed by atoms with Gasteiger partial charge < -0.3 is 5.32 Å². The predicted molar refractivity (Wildman–Crippen MR) is 88.8 cm³/mol. The SMILES string of the molecule is O=C(NC1CC1)C(c1ccccc1)N1CCc2sccc2C1. The van der Waals surface area contributed by atoms with E-state index in [0.29, 0.717) is 6.04 Å². The quantitative estimate of drug-likeness (QED) is 0.941. The summed E-state index contributed by atoms with van der Waals surface area (Å²) < 4.78 is 0. The Bertz CT molecular complexity index is 663. The first kappa shape index (κ1) is 14.0. The van der Waals surface area contributed by atoms with Crippen LogP contribution < -0.4 is 5.32 Å². The van der Waals surface area contributed by atoms with Gasteiger partial charge in [0.15, 0.2) is 0 Å². The molecule has 1 fully saturated rings. The number of hydrogen-bond donors (Lipinski definition) is 1. The summed E-state index contributed by atoms with van der Waals surface area (Å²) in [5.74, 6) is 0.160. The highest BCUT2D eigenvalue weighted by molar-refractivity contribution is 7.10. The Kier molecular flexibility index (Phi) is 3.72. The fourth-order valence-electron chi connectivity index (χ4n) is 3.16. The highest BCUT2D eigenvalue weighted by Crippen LogP contribution is 2.31. The molecule has 2 aliphatic rings. The number of carbonyl (C=O) groups excluding carboxylic acids is 1. The van der Waals surface area contributed by atoms with Crippen molar-refractivity contribution in [2.75, 3.05) is 6.54 Å². The number of amides is 1. The van der Waals surface area contributed by atoms with E-state index in [1.807, 2.05) is 29.5 Å². The van der Waals surface area contributed by atoms with E-state index in [2.05, 4.69) is 33.8 Å². The molecule has 0 spiro atoms. The number of nitrogens with zero attached hydrogens (tertiary/aromatic N) is 1. The lowest BCUT2D eigenvalue weighted by atomic mass is 10.0. The molecule has 3 nitrogen and oxygen atoms in total. The molecule has 1 unspecified atom stereocenters. The maximum atomic E-state index is 12.8. The molecule has 22 heavy (non-hydrogen) atoms. The lowest BCUT2D eigenvalue weighted by molar-refractivity contribution is -0.127. The minimum Gasteiger partial charge on any atom is -0.352 e. The predicted octanol–water partition coefficient (Wildman–Crippen LogP) is 3.13. The zero-order valence-electron chi connectivity index (χ0n) is 12.5. The molecule has 1 aromatic carbocycles. The molecule has 2 heterocycles. The number of thiophene rings is 1. The summed E-state index contributed by atoms with van der Waals surface area (Å²) in [7, 11) is 0. The molecule has 4 rings (SSSR count). The molecule has 1 aromatic heterocycles. The highest BCUT2D eigenvalue weighted by Gasteiger charge is 2.33. The number of fused-ring (bicyclic) bond motifs is 1. The summed E-state index contributed by atoms with van der Waals surface area (Å²) in [6.07, 6.45) is 3.30. The van der Waals surface area contributed by atoms with Crippen molar-refractivity contribution in [1.82, 2.24) is 10.2 Å². The van der Waals surface area contributed by atoms with Gasteiger partial charge in [-0.05, 0) is 41.8 Å². The van der Waals surface area contributed by atoms with Crippen molar-refractivity contribution in [2.45, 2.75) is 37.9 Å². The minimum absolute atomic E-state index is 0.160. The third-order valence-corrected chi connectivity index (χ3v) is 5.51. The topological polar surface area (TPSA) is 32.3 Å². The molecular formula is C18H20N2OS. The second kappa shape index (κ2) is 5.86. The molecule has 0 bridgehead atoms. The monoisotopic (exact) mass is 312 g/mol. The fourth-order valence-corrected chi connectivity index (χ4v) is 4.05. The number of rotatable bonds is 4. The molecule has 1 amide bonds. The molecule has 4 heteroatoms. The molecular weight excluding hydrogens is 292 g/mol. The van der Waals surface area contributed by atoms with E-state index in [9.17, 15) is 4.79 Å². The first-order valence-corrected chi connectivity index (χ1v) is 8.84. The van der Waals surface area contributed by atoms with Gasteiger partial charge in [0.2, 0.25) is 5.91 Å². The summed E-state index contributed by atoms with van der Waals surface area (Å²) in [4.78, 5) is 16.6. The van der Waals surface area contributed by atoms with Gasteiger partial charge in [-0.25, -0.2) is 0 Å². The normalized spacial score (nSPS) is 19.5. The molecule has 1 aliphatic heterocycles. The molecule has 1 saturated carbocycles. The zero-order chi connectivity index (χ0) is 14.9. The van der Waals surface area contributed by atoms with Crippen LogP contribution in [0.5, 0.6) is 0 Å². The van der Waals surface area contributed by atoms with Gasteiger partial charge >= 0.3 is 0 Å². The second-order valence-corrected chi connectivity index (χ2v) is 7.19. The Hall–Kier alpha value is -1.65. The first-order valence-electron chi connectivity index (χ1n) is 7.96. The number of hydrogen-bond acceptors (Lipinski definition) is 3. The van der Waals surface area contributed by atoms with Gasteiger partial charge in [0.25, 0.3) is 0 Å². The Balaban J connectivity index is 1.61. The van der Waals surface area contributed by atoms with Crippen LogP contribution in [0.4, 0.5) is 0 Å². The van der Waals surface area contributed by atoms with Crippen LogP contribution in [0.3, 0.4) is 0 Å². The molecule has 1 atom stereocenters. The van der Waals surface area contributed by atoms with Crippen LogP contribution in [0.2, 0.25) is 0 Å². The van der Waals surface area contributed by atoms with Gasteiger partial charge in [-0.3, -0.25) is 9.69 Å². The third-order valence-electron chi connectivity index (χ3n) is 4.49. The number of carbonyl (C=O) groups is 1. The average molecular weight is 312 g/mol. The molecule has 2 aromatic rings. The Morgan fingerprint density at radius 1 is 1.23 bits per heavy atom. The minimum atomic E-state index is -0.171. The number of nitrogens with one attached hydrogen (secondary N) is 1. The van der Waals surface area contributed by atoms with Crippen LogP contribution in [0.25, 0.3) is 0 Å². The summed E-state index contributed by atoms with van der Waals surface area (Å²) >= 11 is 1.84. The van der Waals surface area contributed by atoms with Gasteiger partial charge in [-0.1, -0.05) is 30.3 Å². The Morgan fingerprint density at radius 2 is 2.05 bits per heavy atom. The highest BCUT2D eigenvalue weighted by atomic mass is 32.1. The van der Waals surface area contributed by atoms with Crippen LogP contribution in [0.15, 0.2) is 41.8 Å². The maximum Gasteiger partial charge on any atom is 0.242 e. The van der Waals surface area contributed by atoms with E-state index >= 15 is 0 Å². The lowest BCUT2D eigenvalue weighted by Gasteiger charge is -2.34. The lowest BCUT2D eigenvalue weighted by Crippen LogP contribution is -2.43. The van der Waals surface area contributed by atoms with Gasteiger partial charge in [-0.15, -0.1) is 11.3 Å². The van der Waals surface area contributed by atoms with Crippen LogP contribution in [0.1, 0.15) is 34.9 Å². The van der Waals surface area contributed by atoms with E-state index in [4.69, 9.17) is 0 Å². The van der Waals surface area contributed by atoms with E-state index < -0.39 is 0 Å². The zero-order valence-corrected chi connectivity index (χ0v) is 13.3. The van der Waals surface area contributed by atoms with Gasteiger partial charge in [0.05, 0.1) is 0 Å². The van der Waals surface area contributed by atoms with E-state index in [1.165, 1.54) is 10.4 Å². The summed E-state index contributed by atoms with van der Waals surface area (Å²) in [5.41, 5.74) is 2.48. The smallest absolute Gasteiger partial charge is 0.242 e. The van der Waals surface area contributed by atoms with Crippen molar-refractivity contribution in [3.8, 4) is 0 Å². The third kappa shape index (κ3) is 2.81. The van der Waals surface area contributed by atoms with E-state index in [-0.39, 0.29) is 11.9 Å². The molecule has 1 aliphatic carbocycles. The van der Waals surface area contributed by atoms with Crippen LogP contribution in [0, 0.1) is 0 Å². The standard InChI is InChI=1S/C18H20N2OS/c21-18(19-15-6-7-15)17(13-4-2-1-3-5-13)20-10-8-16-14(12-20)9-11-22-16/h1-5,9,11,15,17H,6-8,10,12H2,(H,19,21). The summed E-state index contributed by atoms with van der Waals surface area (Å²) in [5, 5.41) is 5.35. The van der Waals surface area contributed by atoms with Crippen molar-refractivity contribution >= 4 is 17.2 Å². The first-order chi connectivity index (χ1) is 10.8. The van der Waals surface area contributed by atoms with Gasteiger partial charge in [0, 0.05) is 24.0 Å². The van der Waals surface area contributed by atoms with Crippen LogP contribution in [-0.2, 0) is 17.8 Å². The summed E-state index contributed by atoms with van der Waals surface area (Å²) in [6.45, 7) is 1.82. The van der Waals surface area contributed by atoms with E-state index in [1.54, 1.807) is 0 Å².